The van der Waals surface area contributed by atoms with Gasteiger partial charge in [0.2, 0.25) is 0 Å². The molecule has 3 fully saturated rings. The van der Waals surface area contributed by atoms with E-state index >= 15 is 0 Å². The minimum Gasteiger partial charge on any atom is -0.370 e. The smallest absolute Gasteiger partial charge is 0.0815 e. The lowest BCUT2D eigenvalue weighted by molar-refractivity contribution is -0.0108. The molecule has 2 saturated heterocycles. The van der Waals surface area contributed by atoms with Crippen LogP contribution >= 0.6 is 12.4 Å². The third kappa shape index (κ3) is 0.865. The zero-order valence-electron chi connectivity index (χ0n) is 6.17. The van der Waals surface area contributed by atoms with E-state index in [2.05, 4.69) is 6.92 Å². The van der Waals surface area contributed by atoms with Crippen LogP contribution in [0.2, 0.25) is 0 Å². The third-order valence-electron chi connectivity index (χ3n) is 2.74. The van der Waals surface area contributed by atoms with E-state index in [1.807, 2.05) is 0 Å². The van der Waals surface area contributed by atoms with Gasteiger partial charge in [0.15, 0.2) is 0 Å². The van der Waals surface area contributed by atoms with E-state index in [0.29, 0.717) is 12.6 Å². The number of nitrogens with two attached hydrogens (primary N) is 1. The van der Waals surface area contributed by atoms with E-state index in [0.717, 1.165) is 5.92 Å². The molecule has 0 spiro atoms. The highest BCUT2D eigenvalue weighted by atomic mass is 35.5. The van der Waals surface area contributed by atoms with Gasteiger partial charge in [0.05, 0.1) is 11.7 Å². The molecule has 60 valence electrons. The van der Waals surface area contributed by atoms with E-state index in [9.17, 15) is 0 Å². The number of fused-ring (bicyclic) bond motifs is 1. The van der Waals surface area contributed by atoms with Crippen LogP contribution in [-0.4, -0.2) is 18.2 Å². The molecule has 3 rings (SSSR count). The molecule has 3 aliphatic rings. The van der Waals surface area contributed by atoms with Gasteiger partial charge in [0.1, 0.15) is 0 Å². The second kappa shape index (κ2) is 2.36. The van der Waals surface area contributed by atoms with Crippen LogP contribution in [0, 0.1) is 5.92 Å². The number of ether oxygens (including phenoxy) is 1. The molecule has 1 unspecified atom stereocenters. The maximum Gasteiger partial charge on any atom is 0.0815 e. The Labute approximate surface area is 67.5 Å². The summed E-state index contributed by atoms with van der Waals surface area (Å²) < 4.78 is 5.65. The minimum atomic E-state index is 0. The summed E-state index contributed by atoms with van der Waals surface area (Å²) in [6.07, 6.45) is 2.91. The summed E-state index contributed by atoms with van der Waals surface area (Å²) >= 11 is 0. The van der Waals surface area contributed by atoms with Crippen molar-refractivity contribution in [2.45, 2.75) is 31.5 Å². The minimum absolute atomic E-state index is 0. The fourth-order valence-corrected chi connectivity index (χ4v) is 2.03. The molecule has 1 saturated carbocycles. The highest BCUT2D eigenvalue weighted by Gasteiger charge is 2.54. The van der Waals surface area contributed by atoms with E-state index in [-0.39, 0.29) is 18.0 Å². The molecule has 1 aliphatic carbocycles. The van der Waals surface area contributed by atoms with Gasteiger partial charge in [0, 0.05) is 6.54 Å². The lowest BCUT2D eigenvalue weighted by atomic mass is 9.73. The van der Waals surface area contributed by atoms with Gasteiger partial charge in [-0.25, -0.2) is 0 Å². The second-order valence-electron chi connectivity index (χ2n) is 3.38. The van der Waals surface area contributed by atoms with E-state index < -0.39 is 0 Å². The molecule has 0 amide bonds. The van der Waals surface area contributed by atoms with Gasteiger partial charge >= 0.3 is 0 Å². The molecule has 0 aromatic heterocycles. The molecule has 0 aromatic carbocycles. The molecule has 0 aromatic rings. The largest absolute Gasteiger partial charge is 0.370 e. The highest BCUT2D eigenvalue weighted by molar-refractivity contribution is 5.85. The lowest BCUT2D eigenvalue weighted by Crippen LogP contribution is -2.43. The number of hydrogen-bond donors (Lipinski definition) is 1. The summed E-state index contributed by atoms with van der Waals surface area (Å²) in [6.45, 7) is 2.86. The SMILES string of the molecule is CC1OC2(CN)CC1C2.Cl. The molecule has 2 heterocycles. The van der Waals surface area contributed by atoms with Gasteiger partial charge in [-0.2, -0.15) is 0 Å². The van der Waals surface area contributed by atoms with Gasteiger partial charge in [-0.3, -0.25) is 0 Å². The van der Waals surface area contributed by atoms with Crippen LogP contribution < -0.4 is 5.73 Å². The molecule has 2 bridgehead atoms. The first-order chi connectivity index (χ1) is 4.26. The predicted molar refractivity (Wildman–Crippen MR) is 42.3 cm³/mol. The van der Waals surface area contributed by atoms with Gasteiger partial charge < -0.3 is 10.5 Å². The van der Waals surface area contributed by atoms with Crippen LogP contribution in [0.1, 0.15) is 19.8 Å². The van der Waals surface area contributed by atoms with Crippen molar-refractivity contribution < 1.29 is 4.74 Å². The van der Waals surface area contributed by atoms with Crippen molar-refractivity contribution >= 4 is 12.4 Å². The fraction of sp³-hybridized carbons (Fsp3) is 1.00. The van der Waals surface area contributed by atoms with Crippen LogP contribution in [0.25, 0.3) is 0 Å². The molecule has 2 N–H and O–H groups in total. The van der Waals surface area contributed by atoms with E-state index in [1.54, 1.807) is 0 Å². The molecular weight excluding hydrogens is 150 g/mol. The van der Waals surface area contributed by atoms with Crippen molar-refractivity contribution in [3.63, 3.8) is 0 Å². The van der Waals surface area contributed by atoms with Crippen molar-refractivity contribution in [3.05, 3.63) is 0 Å². The average molecular weight is 164 g/mol. The predicted octanol–water partition coefficient (Wildman–Crippen LogP) is 0.934. The van der Waals surface area contributed by atoms with Crippen LogP contribution in [0.4, 0.5) is 0 Å². The van der Waals surface area contributed by atoms with Crippen molar-refractivity contribution in [2.75, 3.05) is 6.54 Å². The Kier molecular flexibility index (Phi) is 1.96. The van der Waals surface area contributed by atoms with Crippen molar-refractivity contribution in [1.29, 1.82) is 0 Å². The molecular formula is C7H14ClNO. The fourth-order valence-electron chi connectivity index (χ4n) is 2.03. The Balaban J connectivity index is 0.000000500. The standard InChI is InChI=1S/C7H13NO.ClH/c1-5-6-2-7(3-6,4-8)9-5;/h5-6H,2-4,8H2,1H3;1H. The van der Waals surface area contributed by atoms with Gasteiger partial charge in [-0.15, -0.1) is 12.4 Å². The Morgan fingerprint density at radius 2 is 2.20 bits per heavy atom. The van der Waals surface area contributed by atoms with Gasteiger partial charge in [-0.05, 0) is 25.7 Å². The highest BCUT2D eigenvalue weighted by Crippen LogP contribution is 2.51. The molecule has 3 heteroatoms. The first-order valence-corrected chi connectivity index (χ1v) is 3.64. The number of rotatable bonds is 1. The van der Waals surface area contributed by atoms with Crippen molar-refractivity contribution in [2.24, 2.45) is 11.7 Å². The van der Waals surface area contributed by atoms with Crippen LogP contribution in [0.15, 0.2) is 0 Å². The van der Waals surface area contributed by atoms with Gasteiger partial charge in [0.25, 0.3) is 0 Å². The summed E-state index contributed by atoms with van der Waals surface area (Å²) in [6, 6.07) is 0. The quantitative estimate of drug-likeness (QED) is 0.625. The lowest BCUT2D eigenvalue weighted by Gasteiger charge is -2.34. The summed E-state index contributed by atoms with van der Waals surface area (Å²) in [7, 11) is 0. The van der Waals surface area contributed by atoms with Crippen LogP contribution in [0.5, 0.6) is 0 Å². The van der Waals surface area contributed by atoms with Crippen molar-refractivity contribution in [3.8, 4) is 0 Å². The van der Waals surface area contributed by atoms with Gasteiger partial charge in [-0.1, -0.05) is 0 Å². The normalized spacial score (nSPS) is 49.8. The van der Waals surface area contributed by atoms with Crippen LogP contribution in [-0.2, 0) is 4.74 Å². The monoisotopic (exact) mass is 163 g/mol. The number of halogens is 1. The summed E-state index contributed by atoms with van der Waals surface area (Å²) in [5.41, 5.74) is 5.67. The van der Waals surface area contributed by atoms with Crippen molar-refractivity contribution in [1.82, 2.24) is 0 Å². The molecule has 2 nitrogen and oxygen atoms in total. The summed E-state index contributed by atoms with van der Waals surface area (Å²) in [5, 5.41) is 0. The van der Waals surface area contributed by atoms with E-state index in [1.165, 1.54) is 12.8 Å². The Morgan fingerprint density at radius 1 is 1.60 bits per heavy atom. The summed E-state index contributed by atoms with van der Waals surface area (Å²) in [4.78, 5) is 0. The second-order valence-corrected chi connectivity index (χ2v) is 3.38. The number of hydrogen-bond acceptors (Lipinski definition) is 2. The molecule has 0 radical (unpaired) electrons. The first-order valence-electron chi connectivity index (χ1n) is 3.64. The zero-order valence-corrected chi connectivity index (χ0v) is 6.99. The molecule has 10 heavy (non-hydrogen) atoms. The van der Waals surface area contributed by atoms with Crippen LogP contribution in [0.3, 0.4) is 0 Å². The Hall–Kier alpha value is 0.210. The third-order valence-corrected chi connectivity index (χ3v) is 2.74. The van der Waals surface area contributed by atoms with E-state index in [4.69, 9.17) is 10.5 Å². The topological polar surface area (TPSA) is 35.2 Å². The first kappa shape index (κ1) is 8.31. The average Bonchev–Trinajstić information content (AvgIpc) is 2.18. The zero-order chi connectivity index (χ0) is 6.48. The Bertz CT molecular complexity index is 134. The maximum absolute atomic E-state index is 5.65. The molecule has 1 atom stereocenters. The Morgan fingerprint density at radius 3 is 2.40 bits per heavy atom. The molecule has 2 aliphatic heterocycles. The summed E-state index contributed by atoms with van der Waals surface area (Å²) in [5.74, 6) is 0.827. The maximum atomic E-state index is 5.65.